The Bertz CT molecular complexity index is 769. The van der Waals surface area contributed by atoms with Gasteiger partial charge in [-0.25, -0.2) is 9.97 Å². The number of nitrogens with one attached hydrogen (secondary N) is 1. The van der Waals surface area contributed by atoms with Crippen LogP contribution in [0.5, 0.6) is 11.5 Å². The number of benzene rings is 1. The summed E-state index contributed by atoms with van der Waals surface area (Å²) < 4.78 is 10.9. The van der Waals surface area contributed by atoms with Gasteiger partial charge in [-0.1, -0.05) is 29.1 Å². The molecule has 4 N–H and O–H groups in total. The number of para-hydroxylation sites is 1. The molecule has 0 aliphatic carbocycles. The molecule has 2 heterocycles. The minimum atomic E-state index is 0.122. The van der Waals surface area contributed by atoms with Crippen molar-refractivity contribution < 1.29 is 14.7 Å². The number of amidine groups is 1. The lowest BCUT2D eigenvalue weighted by atomic mass is 10.2. The van der Waals surface area contributed by atoms with E-state index in [9.17, 15) is 0 Å². The molecule has 8 nitrogen and oxygen atoms in total. The monoisotopic (exact) mass is 347 g/mol. The molecule has 9 heteroatoms. The van der Waals surface area contributed by atoms with Gasteiger partial charge in [-0.2, -0.15) is 0 Å². The van der Waals surface area contributed by atoms with E-state index in [0.29, 0.717) is 23.3 Å². The number of hydrogen-bond acceptors (Lipinski definition) is 8. The quantitative estimate of drug-likeness (QED) is 0.181. The number of nitrogens with zero attached hydrogens (tertiary/aromatic N) is 3. The van der Waals surface area contributed by atoms with Crippen molar-refractivity contribution in [3.05, 3.63) is 35.5 Å². The fourth-order valence-corrected chi connectivity index (χ4v) is 2.89. The van der Waals surface area contributed by atoms with E-state index in [0.717, 1.165) is 22.8 Å². The number of rotatable bonds is 6. The predicted octanol–water partition coefficient (Wildman–Crippen LogP) is 1.96. The molecule has 1 aliphatic rings. The lowest BCUT2D eigenvalue weighted by Gasteiger charge is -2.10. The van der Waals surface area contributed by atoms with Crippen molar-refractivity contribution >= 4 is 23.4 Å². The number of thioether (sulfide) groups is 1. The van der Waals surface area contributed by atoms with Gasteiger partial charge in [0.05, 0.1) is 5.75 Å². The van der Waals surface area contributed by atoms with Crippen molar-refractivity contribution in [3.8, 4) is 11.5 Å². The minimum Gasteiger partial charge on any atom is -0.454 e. The Labute approximate surface area is 143 Å². The van der Waals surface area contributed by atoms with Crippen LogP contribution in [0.15, 0.2) is 34.6 Å². The van der Waals surface area contributed by atoms with Gasteiger partial charge in [0.25, 0.3) is 0 Å². The van der Waals surface area contributed by atoms with Crippen LogP contribution in [0.25, 0.3) is 0 Å². The van der Waals surface area contributed by atoms with Crippen LogP contribution in [0.2, 0.25) is 0 Å². The van der Waals surface area contributed by atoms with E-state index in [-0.39, 0.29) is 12.6 Å². The van der Waals surface area contributed by atoms with E-state index in [1.807, 2.05) is 31.2 Å². The van der Waals surface area contributed by atoms with Gasteiger partial charge in [-0.05, 0) is 13.0 Å². The highest BCUT2D eigenvalue weighted by molar-refractivity contribution is 7.99. The standard InChI is InChI=1S/C15H17N5O3S/c1-9-5-13(19-15(18-9)24-7-12(16)20-21)17-6-10-3-2-4-11-14(10)23-8-22-11/h2-5,21H,6-8H2,1H3,(H2,16,20)(H,17,18,19). The molecule has 0 saturated heterocycles. The van der Waals surface area contributed by atoms with Crippen molar-refractivity contribution in [1.82, 2.24) is 9.97 Å². The Morgan fingerprint density at radius 2 is 2.29 bits per heavy atom. The second-order valence-corrected chi connectivity index (χ2v) is 6.00. The summed E-state index contributed by atoms with van der Waals surface area (Å²) in [5, 5.41) is 15.3. The number of nitrogens with two attached hydrogens (primary N) is 1. The SMILES string of the molecule is Cc1cc(NCc2cccc3c2OCO3)nc(SCC(N)=NO)n1. The van der Waals surface area contributed by atoms with E-state index in [2.05, 4.69) is 20.4 Å². The van der Waals surface area contributed by atoms with Crippen LogP contribution in [0.4, 0.5) is 5.82 Å². The Balaban J connectivity index is 1.69. The molecule has 0 spiro atoms. The number of fused-ring (bicyclic) bond motifs is 1. The van der Waals surface area contributed by atoms with Crippen molar-refractivity contribution in [3.63, 3.8) is 0 Å². The first-order chi connectivity index (χ1) is 11.7. The normalized spacial score (nSPS) is 13.1. The van der Waals surface area contributed by atoms with Crippen LogP contribution in [0.3, 0.4) is 0 Å². The molecule has 0 atom stereocenters. The zero-order valence-corrected chi connectivity index (χ0v) is 13.8. The summed E-state index contributed by atoms with van der Waals surface area (Å²) in [5.41, 5.74) is 7.28. The average molecular weight is 347 g/mol. The van der Waals surface area contributed by atoms with E-state index < -0.39 is 0 Å². The van der Waals surface area contributed by atoms with E-state index in [1.54, 1.807) is 0 Å². The topological polar surface area (TPSA) is 115 Å². The largest absolute Gasteiger partial charge is 0.454 e. The number of oxime groups is 1. The molecule has 3 rings (SSSR count). The first kappa shape index (κ1) is 16.2. The molecular weight excluding hydrogens is 330 g/mol. The summed E-state index contributed by atoms with van der Waals surface area (Å²) in [4.78, 5) is 8.75. The number of ether oxygens (including phenoxy) is 2. The Kier molecular flexibility index (Phi) is 4.90. The number of anilines is 1. The smallest absolute Gasteiger partial charge is 0.231 e. The second kappa shape index (κ2) is 7.26. The first-order valence-electron chi connectivity index (χ1n) is 7.22. The third-order valence-electron chi connectivity index (χ3n) is 3.25. The Morgan fingerprint density at radius 3 is 3.12 bits per heavy atom. The van der Waals surface area contributed by atoms with Crippen molar-refractivity contribution in [2.45, 2.75) is 18.6 Å². The van der Waals surface area contributed by atoms with Crippen molar-refractivity contribution in [2.24, 2.45) is 10.9 Å². The predicted molar refractivity (Wildman–Crippen MR) is 90.8 cm³/mol. The van der Waals surface area contributed by atoms with Crippen molar-refractivity contribution in [1.29, 1.82) is 0 Å². The van der Waals surface area contributed by atoms with Gasteiger partial charge >= 0.3 is 0 Å². The van der Waals surface area contributed by atoms with Crippen molar-refractivity contribution in [2.75, 3.05) is 17.9 Å². The first-order valence-corrected chi connectivity index (χ1v) is 8.20. The molecule has 1 aliphatic heterocycles. The molecule has 0 fully saturated rings. The Hall–Kier alpha value is -2.68. The van der Waals surface area contributed by atoms with E-state index in [4.69, 9.17) is 20.4 Å². The van der Waals surface area contributed by atoms with Crippen LogP contribution in [0.1, 0.15) is 11.3 Å². The van der Waals surface area contributed by atoms with Gasteiger partial charge in [0.2, 0.25) is 6.79 Å². The van der Waals surface area contributed by atoms with Gasteiger partial charge in [0, 0.05) is 23.9 Å². The molecule has 126 valence electrons. The summed E-state index contributed by atoms with van der Waals surface area (Å²) >= 11 is 1.30. The maximum Gasteiger partial charge on any atom is 0.231 e. The average Bonchev–Trinajstić information content (AvgIpc) is 3.06. The zero-order chi connectivity index (χ0) is 16.9. The molecule has 0 unspecified atom stereocenters. The van der Waals surface area contributed by atoms with Gasteiger partial charge in [0.15, 0.2) is 16.7 Å². The van der Waals surface area contributed by atoms with Crippen LogP contribution in [-0.4, -0.2) is 33.6 Å². The number of aromatic nitrogens is 2. The highest BCUT2D eigenvalue weighted by Gasteiger charge is 2.17. The van der Waals surface area contributed by atoms with Crippen LogP contribution >= 0.6 is 11.8 Å². The van der Waals surface area contributed by atoms with E-state index >= 15 is 0 Å². The highest BCUT2D eigenvalue weighted by Crippen LogP contribution is 2.35. The van der Waals surface area contributed by atoms with Gasteiger partial charge in [0.1, 0.15) is 11.7 Å². The molecule has 2 aromatic rings. The summed E-state index contributed by atoms with van der Waals surface area (Å²) in [7, 11) is 0. The molecule has 0 radical (unpaired) electrons. The molecule has 0 amide bonds. The van der Waals surface area contributed by atoms with Gasteiger partial charge < -0.3 is 25.7 Å². The molecule has 1 aromatic heterocycles. The number of hydrogen-bond donors (Lipinski definition) is 3. The Morgan fingerprint density at radius 1 is 1.42 bits per heavy atom. The third kappa shape index (κ3) is 3.80. The lowest BCUT2D eigenvalue weighted by Crippen LogP contribution is -2.14. The zero-order valence-electron chi connectivity index (χ0n) is 13.0. The highest BCUT2D eigenvalue weighted by atomic mass is 32.2. The van der Waals surface area contributed by atoms with Crippen LogP contribution in [-0.2, 0) is 6.54 Å². The minimum absolute atomic E-state index is 0.122. The summed E-state index contributed by atoms with van der Waals surface area (Å²) in [6.45, 7) is 2.68. The summed E-state index contributed by atoms with van der Waals surface area (Å²) in [6.07, 6.45) is 0. The van der Waals surface area contributed by atoms with Crippen LogP contribution in [0, 0.1) is 6.92 Å². The fraction of sp³-hybridized carbons (Fsp3) is 0.267. The second-order valence-electron chi connectivity index (χ2n) is 5.06. The molecule has 0 saturated carbocycles. The summed E-state index contributed by atoms with van der Waals surface area (Å²) in [6, 6.07) is 7.63. The molecule has 0 bridgehead atoms. The summed E-state index contributed by atoms with van der Waals surface area (Å²) in [5.74, 6) is 2.65. The number of aryl methyl sites for hydroxylation is 1. The maximum atomic E-state index is 8.58. The third-order valence-corrected chi connectivity index (χ3v) is 4.13. The molecule has 1 aromatic carbocycles. The van der Waals surface area contributed by atoms with E-state index in [1.165, 1.54) is 11.8 Å². The molecular formula is C15H17N5O3S. The maximum absolute atomic E-state index is 8.58. The lowest BCUT2D eigenvalue weighted by molar-refractivity contribution is 0.173. The van der Waals surface area contributed by atoms with Crippen LogP contribution < -0.4 is 20.5 Å². The van der Waals surface area contributed by atoms with Gasteiger partial charge in [-0.15, -0.1) is 0 Å². The van der Waals surface area contributed by atoms with Gasteiger partial charge in [-0.3, -0.25) is 0 Å². The molecule has 24 heavy (non-hydrogen) atoms. The fourth-order valence-electron chi connectivity index (χ4n) is 2.18.